The van der Waals surface area contributed by atoms with Gasteiger partial charge in [0, 0.05) is 0 Å². The van der Waals surface area contributed by atoms with Crippen molar-refractivity contribution in [3.63, 3.8) is 0 Å². The predicted molar refractivity (Wildman–Crippen MR) is 121 cm³/mol. The van der Waals surface area contributed by atoms with E-state index in [0.717, 1.165) is 17.6 Å². The number of imide groups is 1. The molecule has 0 aromatic heterocycles. The van der Waals surface area contributed by atoms with E-state index < -0.39 is 30.4 Å². The number of aromatic carboxylic acids is 1. The number of hydrogen-bond donors (Lipinski definition) is 2. The highest BCUT2D eigenvalue weighted by molar-refractivity contribution is 6.32. The zero-order valence-corrected chi connectivity index (χ0v) is 19.0. The van der Waals surface area contributed by atoms with Gasteiger partial charge in [-0.1, -0.05) is 23.7 Å². The van der Waals surface area contributed by atoms with Gasteiger partial charge in [-0.25, -0.2) is 14.5 Å². The molecule has 0 unspecified atom stereocenters. The van der Waals surface area contributed by atoms with Crippen LogP contribution in [0.3, 0.4) is 0 Å². The van der Waals surface area contributed by atoms with Crippen LogP contribution in [0.15, 0.2) is 42.1 Å². The first kappa shape index (κ1) is 24.6. The summed E-state index contributed by atoms with van der Waals surface area (Å²) < 4.78 is 16.0. The van der Waals surface area contributed by atoms with E-state index in [0.29, 0.717) is 17.9 Å². The number of rotatable bonds is 9. The summed E-state index contributed by atoms with van der Waals surface area (Å²) in [4.78, 5) is 47.7. The van der Waals surface area contributed by atoms with Crippen LogP contribution in [0, 0.1) is 0 Å². The Morgan fingerprint density at radius 3 is 2.47 bits per heavy atom. The van der Waals surface area contributed by atoms with Gasteiger partial charge in [0.2, 0.25) is 0 Å². The van der Waals surface area contributed by atoms with Crippen molar-refractivity contribution < 1.29 is 38.5 Å². The topological polar surface area (TPSA) is 131 Å². The van der Waals surface area contributed by atoms with Gasteiger partial charge < -0.3 is 24.6 Å². The largest absolute Gasteiger partial charge is 0.490 e. The van der Waals surface area contributed by atoms with Gasteiger partial charge in [0.05, 0.1) is 24.3 Å². The Balaban J connectivity index is 1.82. The van der Waals surface area contributed by atoms with E-state index in [1.165, 1.54) is 24.3 Å². The fourth-order valence-corrected chi connectivity index (χ4v) is 3.32. The smallest absolute Gasteiger partial charge is 0.335 e. The van der Waals surface area contributed by atoms with Crippen LogP contribution in [0.5, 0.6) is 11.5 Å². The van der Waals surface area contributed by atoms with E-state index in [1.807, 2.05) is 0 Å². The fourth-order valence-electron chi connectivity index (χ4n) is 3.05. The predicted octanol–water partition coefficient (Wildman–Crippen LogP) is 3.08. The maximum atomic E-state index is 12.5. The third-order valence-electron chi connectivity index (χ3n) is 4.70. The molecule has 11 heteroatoms. The van der Waals surface area contributed by atoms with Crippen LogP contribution in [0.2, 0.25) is 5.02 Å². The monoisotopic (exact) mass is 488 g/mol. The van der Waals surface area contributed by atoms with Gasteiger partial charge >= 0.3 is 18.0 Å². The molecule has 34 heavy (non-hydrogen) atoms. The first-order valence-corrected chi connectivity index (χ1v) is 10.4. The van der Waals surface area contributed by atoms with Crippen molar-refractivity contribution in [2.24, 2.45) is 0 Å². The second kappa shape index (κ2) is 10.7. The molecule has 178 valence electrons. The highest BCUT2D eigenvalue weighted by Crippen LogP contribution is 2.38. The van der Waals surface area contributed by atoms with Crippen molar-refractivity contribution in [3.05, 3.63) is 63.8 Å². The number of halogens is 1. The molecule has 0 saturated carbocycles. The van der Waals surface area contributed by atoms with Gasteiger partial charge in [0.25, 0.3) is 5.91 Å². The highest BCUT2D eigenvalue weighted by Gasteiger charge is 2.35. The number of carboxylic acids is 1. The van der Waals surface area contributed by atoms with E-state index in [4.69, 9.17) is 26.2 Å². The lowest BCUT2D eigenvalue weighted by molar-refractivity contribution is -0.143. The molecule has 10 nitrogen and oxygen atoms in total. The van der Waals surface area contributed by atoms with Crippen LogP contribution >= 0.6 is 11.6 Å². The molecule has 1 aliphatic heterocycles. The summed E-state index contributed by atoms with van der Waals surface area (Å²) in [7, 11) is 1.16. The van der Waals surface area contributed by atoms with Crippen LogP contribution in [0.25, 0.3) is 6.08 Å². The minimum absolute atomic E-state index is 0.0420. The number of hydrogen-bond acceptors (Lipinski definition) is 7. The number of carbonyl (C=O) groups is 4. The van der Waals surface area contributed by atoms with Gasteiger partial charge in [-0.3, -0.25) is 9.59 Å². The molecule has 3 amide bonds. The standard InChI is InChI=1S/C23H21ClN2O8/c1-3-33-18-10-14(9-17-21(28)26(23(31)25-17)11-19(27)32-2)8-16(24)20(18)34-12-13-4-6-15(7-5-13)22(29)30/h4-10H,3,11-12H2,1-2H3,(H,25,31)(H,29,30)/b17-9+. The summed E-state index contributed by atoms with van der Waals surface area (Å²) in [5.74, 6) is -1.86. The summed E-state index contributed by atoms with van der Waals surface area (Å²) >= 11 is 6.41. The fraction of sp³-hybridized carbons (Fsp3) is 0.217. The molecular formula is C23H21ClN2O8. The zero-order chi connectivity index (χ0) is 24.8. The lowest BCUT2D eigenvalue weighted by atomic mass is 10.1. The highest BCUT2D eigenvalue weighted by atomic mass is 35.5. The number of ether oxygens (including phenoxy) is 3. The van der Waals surface area contributed by atoms with Crippen LogP contribution in [-0.4, -0.2) is 54.1 Å². The first-order valence-electron chi connectivity index (χ1n) is 10.1. The summed E-state index contributed by atoms with van der Waals surface area (Å²) in [5.41, 5.74) is 1.29. The van der Waals surface area contributed by atoms with Crippen LogP contribution in [0.4, 0.5) is 4.79 Å². The maximum Gasteiger partial charge on any atom is 0.335 e. The average Bonchev–Trinajstić information content (AvgIpc) is 3.06. The molecule has 0 bridgehead atoms. The van der Waals surface area contributed by atoms with Crippen molar-refractivity contribution >= 4 is 41.6 Å². The van der Waals surface area contributed by atoms with E-state index in [1.54, 1.807) is 25.1 Å². The third kappa shape index (κ3) is 5.65. The van der Waals surface area contributed by atoms with Gasteiger partial charge in [-0.15, -0.1) is 0 Å². The van der Waals surface area contributed by atoms with E-state index in [-0.39, 0.29) is 28.6 Å². The molecule has 2 aromatic rings. The Hall–Kier alpha value is -4.05. The number of amides is 3. The van der Waals surface area contributed by atoms with E-state index in [2.05, 4.69) is 10.1 Å². The summed E-state index contributed by atoms with van der Waals surface area (Å²) in [6.07, 6.45) is 1.40. The molecule has 1 saturated heterocycles. The number of carbonyl (C=O) groups excluding carboxylic acids is 3. The number of nitrogens with zero attached hydrogens (tertiary/aromatic N) is 1. The first-order chi connectivity index (χ1) is 16.2. The zero-order valence-electron chi connectivity index (χ0n) is 18.3. The Morgan fingerprint density at radius 1 is 1.15 bits per heavy atom. The summed E-state index contributed by atoms with van der Waals surface area (Å²) in [6.45, 7) is 1.68. The minimum atomic E-state index is -1.02. The van der Waals surface area contributed by atoms with Crippen LogP contribution in [0.1, 0.15) is 28.4 Å². The molecule has 1 fully saturated rings. The molecule has 2 aromatic carbocycles. The van der Waals surface area contributed by atoms with Crippen molar-refractivity contribution in [1.29, 1.82) is 0 Å². The number of urea groups is 1. The SMILES string of the molecule is CCOc1cc(/C=C2/NC(=O)N(CC(=O)OC)C2=O)cc(Cl)c1OCc1ccc(C(=O)O)cc1. The maximum absolute atomic E-state index is 12.5. The Labute approximate surface area is 199 Å². The molecule has 0 spiro atoms. The number of benzene rings is 2. The van der Waals surface area contributed by atoms with E-state index >= 15 is 0 Å². The lowest BCUT2D eigenvalue weighted by Gasteiger charge is -2.15. The molecule has 1 aliphatic rings. The van der Waals surface area contributed by atoms with Gasteiger partial charge in [-0.2, -0.15) is 0 Å². The molecule has 1 heterocycles. The van der Waals surface area contributed by atoms with Crippen molar-refractivity contribution in [2.45, 2.75) is 13.5 Å². The molecular weight excluding hydrogens is 468 g/mol. The minimum Gasteiger partial charge on any atom is -0.490 e. The van der Waals surface area contributed by atoms with Crippen molar-refractivity contribution in [1.82, 2.24) is 10.2 Å². The van der Waals surface area contributed by atoms with Crippen molar-refractivity contribution in [3.8, 4) is 11.5 Å². The number of esters is 1. The third-order valence-corrected chi connectivity index (χ3v) is 4.98. The second-order valence-electron chi connectivity index (χ2n) is 7.01. The molecule has 0 atom stereocenters. The number of nitrogens with one attached hydrogen (secondary N) is 1. The van der Waals surface area contributed by atoms with Crippen molar-refractivity contribution in [2.75, 3.05) is 20.3 Å². The lowest BCUT2D eigenvalue weighted by Crippen LogP contribution is -2.36. The molecule has 0 aliphatic carbocycles. The van der Waals surface area contributed by atoms with Gasteiger partial charge in [0.15, 0.2) is 11.5 Å². The van der Waals surface area contributed by atoms with E-state index in [9.17, 15) is 19.2 Å². The van der Waals surface area contributed by atoms with Crippen LogP contribution < -0.4 is 14.8 Å². The Bertz CT molecular complexity index is 1160. The van der Waals surface area contributed by atoms with Gasteiger partial charge in [-0.05, 0) is 48.4 Å². The summed E-state index contributed by atoms with van der Waals surface area (Å²) in [5, 5.41) is 11.6. The molecule has 3 rings (SSSR count). The molecule has 0 radical (unpaired) electrons. The van der Waals surface area contributed by atoms with Gasteiger partial charge in [0.1, 0.15) is 18.8 Å². The number of methoxy groups -OCH3 is 1. The number of carboxylic acid groups (broad SMARTS) is 1. The second-order valence-corrected chi connectivity index (χ2v) is 7.42. The quantitative estimate of drug-likeness (QED) is 0.313. The van der Waals surface area contributed by atoms with Crippen LogP contribution in [-0.2, 0) is 20.9 Å². The average molecular weight is 489 g/mol. The normalized spacial score (nSPS) is 14.2. The Kier molecular flexibility index (Phi) is 7.75. The Morgan fingerprint density at radius 2 is 1.85 bits per heavy atom. The summed E-state index contributed by atoms with van der Waals surface area (Å²) in [6, 6.07) is 8.58. The molecule has 2 N–H and O–H groups in total.